The fourth-order valence-electron chi connectivity index (χ4n) is 18.5. The van der Waals surface area contributed by atoms with Gasteiger partial charge in [-0.2, -0.15) is 15.8 Å². The number of benzene rings is 12. The first-order valence-corrected chi connectivity index (χ1v) is 36.8. The van der Waals surface area contributed by atoms with Gasteiger partial charge in [0.15, 0.2) is 34.5 Å². The molecule has 0 saturated carbocycles. The van der Waals surface area contributed by atoms with Crippen LogP contribution in [0.4, 0.5) is 34.1 Å². The number of rotatable bonds is 4. The van der Waals surface area contributed by atoms with Crippen LogP contribution in [0.3, 0.4) is 0 Å². The molecular formula is C97H53N11O4. The van der Waals surface area contributed by atoms with E-state index in [0.717, 1.165) is 202 Å². The Morgan fingerprint density at radius 2 is 0.589 bits per heavy atom. The summed E-state index contributed by atoms with van der Waals surface area (Å²) >= 11 is 0. The van der Waals surface area contributed by atoms with Crippen LogP contribution >= 0.6 is 0 Å². The number of nitriles is 3. The van der Waals surface area contributed by atoms with Crippen molar-refractivity contribution in [3.8, 4) is 98.4 Å². The van der Waals surface area contributed by atoms with E-state index in [1.807, 2.05) is 189 Å². The van der Waals surface area contributed by atoms with Gasteiger partial charge >= 0.3 is 0 Å². The molecule has 18 aromatic rings. The summed E-state index contributed by atoms with van der Waals surface area (Å²) in [5.74, 6) is 6.03. The van der Waals surface area contributed by atoms with Crippen LogP contribution in [0.1, 0.15) is 61.2 Å². The van der Waals surface area contributed by atoms with Crippen LogP contribution < -0.4 is 28.7 Å². The number of fused-ring (bicyclic) bond motifs is 28. The van der Waals surface area contributed by atoms with E-state index in [2.05, 4.69) is 171 Å². The van der Waals surface area contributed by atoms with Gasteiger partial charge in [0.05, 0.1) is 148 Å². The summed E-state index contributed by atoms with van der Waals surface area (Å²) in [7, 11) is 0. The minimum absolute atomic E-state index is 0.549. The summed E-state index contributed by atoms with van der Waals surface area (Å²) in [6.45, 7) is 0. The number of ether oxygens (including phenoxy) is 4. The molecule has 0 amide bonds. The highest BCUT2D eigenvalue weighted by Gasteiger charge is 2.56. The molecule has 2 spiro atoms. The molecule has 2 unspecified atom stereocenters. The van der Waals surface area contributed by atoms with Gasteiger partial charge in [0.25, 0.3) is 0 Å². The van der Waals surface area contributed by atoms with Crippen LogP contribution in [-0.4, -0.2) is 29.1 Å². The van der Waals surface area contributed by atoms with Crippen molar-refractivity contribution < 1.29 is 18.9 Å². The first-order valence-electron chi connectivity index (χ1n) is 36.8. The Morgan fingerprint density at radius 3 is 1.01 bits per heavy atom. The highest BCUT2D eigenvalue weighted by atomic mass is 16.5. The van der Waals surface area contributed by atoms with Crippen molar-refractivity contribution in [2.45, 2.75) is 10.8 Å². The zero-order valence-corrected chi connectivity index (χ0v) is 59.2. The Morgan fingerprint density at radius 1 is 0.259 bits per heavy atom. The Bertz CT molecular complexity index is 7180. The fourth-order valence-corrected chi connectivity index (χ4v) is 18.5. The molecule has 15 nitrogen and oxygen atoms in total. The zero-order chi connectivity index (χ0) is 74.1. The third-order valence-corrected chi connectivity index (χ3v) is 22.9. The molecule has 0 bridgehead atoms. The van der Waals surface area contributed by atoms with Crippen LogP contribution in [-0.2, 0) is 10.8 Å². The smallest absolute Gasteiger partial charge is 0.156 e. The molecule has 2 aliphatic carbocycles. The number of hydrogen-bond donors (Lipinski definition) is 0. The number of nitrogens with zero attached hydrogens (tertiary/aromatic N) is 11. The van der Waals surface area contributed by atoms with Crippen molar-refractivity contribution in [1.29, 1.82) is 15.8 Å². The predicted octanol–water partition coefficient (Wildman–Crippen LogP) is 22.9. The van der Waals surface area contributed by atoms with E-state index in [0.29, 0.717) is 16.7 Å². The van der Waals surface area contributed by atoms with Gasteiger partial charge in [0, 0.05) is 67.3 Å². The van der Waals surface area contributed by atoms with Crippen molar-refractivity contribution in [3.05, 3.63) is 383 Å². The Hall–Kier alpha value is -15.9. The molecule has 10 heterocycles. The van der Waals surface area contributed by atoms with Crippen molar-refractivity contribution in [2.24, 2.45) is 0 Å². The maximum Gasteiger partial charge on any atom is 0.156 e. The molecule has 0 fully saturated rings. The first kappa shape index (κ1) is 62.3. The molecule has 12 aromatic carbocycles. The lowest BCUT2D eigenvalue weighted by atomic mass is 9.66. The Labute approximate surface area is 640 Å². The van der Waals surface area contributed by atoms with Gasteiger partial charge in [0.1, 0.15) is 11.5 Å². The number of hydrogen-bond acceptors (Lipinski definition) is 13. The van der Waals surface area contributed by atoms with Crippen LogP contribution in [0.15, 0.2) is 322 Å². The molecule has 24 rings (SSSR count). The third-order valence-electron chi connectivity index (χ3n) is 22.9. The minimum Gasteiger partial charge on any atom is -0.454 e. The number of para-hydroxylation sites is 13. The average Bonchev–Trinajstić information content (AvgIpc) is 1.49. The zero-order valence-electron chi connectivity index (χ0n) is 59.2. The summed E-state index contributed by atoms with van der Waals surface area (Å²) in [6.07, 6.45) is 7.52. The fraction of sp³-hybridized carbons (Fsp3) is 0.0206. The second-order valence-corrected chi connectivity index (χ2v) is 28.4. The lowest BCUT2D eigenvalue weighted by Gasteiger charge is -2.41. The summed E-state index contributed by atoms with van der Waals surface area (Å²) < 4.78 is 31.5. The summed E-state index contributed by atoms with van der Waals surface area (Å²) in [6, 6.07) is 107. The van der Waals surface area contributed by atoms with Crippen molar-refractivity contribution in [3.63, 3.8) is 0 Å². The normalized spacial score (nSPS) is 15.4. The molecule has 0 radical (unpaired) electrons. The van der Waals surface area contributed by atoms with Gasteiger partial charge < -0.3 is 28.1 Å². The van der Waals surface area contributed by atoms with Gasteiger partial charge in [0.2, 0.25) is 0 Å². The molecule has 0 saturated heterocycles. The first-order chi connectivity index (χ1) is 55.4. The van der Waals surface area contributed by atoms with Gasteiger partial charge in [-0.15, -0.1) is 0 Å². The second-order valence-electron chi connectivity index (χ2n) is 28.4. The van der Waals surface area contributed by atoms with E-state index in [4.69, 9.17) is 38.9 Å². The monoisotopic (exact) mass is 1440 g/mol. The van der Waals surface area contributed by atoms with E-state index >= 15 is 0 Å². The van der Waals surface area contributed by atoms with E-state index in [1.165, 1.54) is 0 Å². The Balaban J connectivity index is 0.000000134. The molecule has 0 N–H and O–H groups in total. The summed E-state index contributed by atoms with van der Waals surface area (Å²) in [5.41, 5.74) is 22.4. The molecule has 15 heteroatoms. The summed E-state index contributed by atoms with van der Waals surface area (Å²) in [5, 5.41) is 33.3. The van der Waals surface area contributed by atoms with Crippen molar-refractivity contribution in [1.82, 2.24) is 29.1 Å². The lowest BCUT2D eigenvalue weighted by molar-refractivity contribution is 0.436. The highest BCUT2D eigenvalue weighted by Crippen LogP contribution is 2.67. The molecular weight excluding hydrogens is 1380 g/mol. The van der Waals surface area contributed by atoms with Gasteiger partial charge in [-0.1, -0.05) is 140 Å². The SMILES string of the molecule is N#Cc1ccc2c(c1)c1cc(C#N)ccc1n2-c1cnc2c(c1)C1(c3ccccc3Oc3c(N4c5ccccc5Oc5ccccc54)cccc31)c1cccnc1-2.N#Cc1ccc2c(c1)c1ccccc1n2-c1cnc2c(c1)C1(c3ccccc3Oc3c(N4c5ccccc5Oc5ccccc54)cccc31)c1cccnc1-2. The topological polar surface area (TPSA) is 176 Å². The maximum atomic E-state index is 9.84. The van der Waals surface area contributed by atoms with Crippen molar-refractivity contribution in [2.75, 3.05) is 9.80 Å². The van der Waals surface area contributed by atoms with Crippen LogP contribution in [0.25, 0.3) is 77.8 Å². The van der Waals surface area contributed by atoms with Crippen LogP contribution in [0.2, 0.25) is 0 Å². The molecule has 4 aliphatic heterocycles. The summed E-state index contributed by atoms with van der Waals surface area (Å²) in [4.78, 5) is 25.0. The predicted molar refractivity (Wildman–Crippen MR) is 431 cm³/mol. The van der Waals surface area contributed by atoms with Gasteiger partial charge in [-0.25, -0.2) is 0 Å². The minimum atomic E-state index is -0.867. The molecule has 6 aromatic heterocycles. The highest BCUT2D eigenvalue weighted by molar-refractivity contribution is 6.11. The lowest BCUT2D eigenvalue weighted by Crippen LogP contribution is -2.33. The molecule has 2 atom stereocenters. The Kier molecular flexibility index (Phi) is 13.1. The van der Waals surface area contributed by atoms with Gasteiger partial charge in [-0.05, 0) is 169 Å². The maximum absolute atomic E-state index is 9.84. The van der Waals surface area contributed by atoms with E-state index < -0.39 is 10.8 Å². The van der Waals surface area contributed by atoms with E-state index in [-0.39, 0.29) is 0 Å². The number of pyridine rings is 4. The van der Waals surface area contributed by atoms with Gasteiger partial charge in [-0.3, -0.25) is 29.7 Å². The van der Waals surface area contributed by atoms with E-state index in [9.17, 15) is 15.8 Å². The van der Waals surface area contributed by atoms with Crippen LogP contribution in [0, 0.1) is 34.0 Å². The molecule has 112 heavy (non-hydrogen) atoms. The number of aromatic nitrogens is 6. The van der Waals surface area contributed by atoms with E-state index in [1.54, 1.807) is 0 Å². The largest absolute Gasteiger partial charge is 0.454 e. The van der Waals surface area contributed by atoms with Crippen molar-refractivity contribution >= 4 is 77.7 Å². The average molecular weight is 1440 g/mol. The molecule has 6 aliphatic rings. The second kappa shape index (κ2) is 23.6. The van der Waals surface area contributed by atoms with Crippen LogP contribution in [0.5, 0.6) is 46.0 Å². The third kappa shape index (κ3) is 8.48. The standard InChI is InChI=1S/C49H26N6O2.C48H27N5O2/c50-26-29-18-20-38-32(23-29)33-24-30(27-51)19-21-39(33)54(38)31-25-37-47(53-28-31)46-35(11-8-22-52-46)49(37)34-9-1-4-15-43(34)57-48-36(49)10-7-14-42(48)55-40-12-2-5-16-44(40)56-45-17-6-3-13-41(45)55;49-27-29-22-23-38-32(25-29)31-11-1-3-15-37(31)52(38)30-26-36-46(51-28-30)45-34(14-10-24-50-45)48(36)33-12-2-6-19-42(33)55-47-35(48)13-9-18-41(47)53-39-16-4-7-20-43(39)54-44-21-8-5-17-40(44)53/h1-25,28H;1-26,28H. The number of anilines is 6. The quantitative estimate of drug-likeness (QED) is 0.163. The molecule has 520 valence electrons.